The number of allylic oxidation sites excluding steroid dienone is 4. The van der Waals surface area contributed by atoms with Crippen molar-refractivity contribution in [3.05, 3.63) is 36.0 Å². The van der Waals surface area contributed by atoms with Crippen LogP contribution in [0.15, 0.2) is 36.0 Å². The Morgan fingerprint density at radius 1 is 1.57 bits per heavy atom. The fraction of sp³-hybridized carbons (Fsp3) is 0.333. The molecule has 0 fully saturated rings. The average Bonchev–Trinajstić information content (AvgIpc) is 2.04. The van der Waals surface area contributed by atoms with Gasteiger partial charge >= 0.3 is 37.7 Å². The van der Waals surface area contributed by atoms with E-state index in [0.29, 0.717) is 5.57 Å². The molecule has 14 heavy (non-hydrogen) atoms. The van der Waals surface area contributed by atoms with Gasteiger partial charge in [-0.15, -0.1) is 0 Å². The van der Waals surface area contributed by atoms with Gasteiger partial charge in [0.1, 0.15) is 5.25 Å². The summed E-state index contributed by atoms with van der Waals surface area (Å²) in [6.45, 7) is 1.92. The average molecular weight is 242 g/mol. The van der Waals surface area contributed by atoms with Crippen molar-refractivity contribution in [3.63, 3.8) is 0 Å². The van der Waals surface area contributed by atoms with E-state index >= 15 is 0 Å². The molecule has 0 saturated carbocycles. The molecule has 0 aromatic rings. The first kappa shape index (κ1) is 14.4. The molecule has 5 heteroatoms. The molecule has 0 amide bonds. The summed E-state index contributed by atoms with van der Waals surface area (Å²) >= 11 is 0. The van der Waals surface area contributed by atoms with E-state index in [4.69, 9.17) is 4.55 Å². The second kappa shape index (κ2) is 6.08. The zero-order valence-electron chi connectivity index (χ0n) is 10.1. The molecule has 1 atom stereocenters. The van der Waals surface area contributed by atoms with E-state index in [9.17, 15) is 8.42 Å². The van der Waals surface area contributed by atoms with Crippen molar-refractivity contribution in [3.8, 4) is 0 Å². The summed E-state index contributed by atoms with van der Waals surface area (Å²) in [7, 11) is -4.00. The Balaban J connectivity index is -0.000000563. The number of hydrogen-bond acceptors (Lipinski definition) is 2. The summed E-state index contributed by atoms with van der Waals surface area (Å²) in [6, 6.07) is 0. The predicted molar refractivity (Wildman–Crippen MR) is 60.0 cm³/mol. The maximum atomic E-state index is 10.9. The first-order valence-corrected chi connectivity index (χ1v) is 5.57. The first-order chi connectivity index (χ1) is 6.05. The second-order valence-electron chi connectivity index (χ2n) is 2.79. The van der Waals surface area contributed by atoms with Gasteiger partial charge in [0, 0.05) is 0 Å². The smallest absolute Gasteiger partial charge is 1.00 e. The Labute approximate surface area is 117 Å². The van der Waals surface area contributed by atoms with Gasteiger partial charge in [-0.1, -0.05) is 37.3 Å². The second-order valence-corrected chi connectivity index (χ2v) is 4.33. The largest absolute Gasteiger partial charge is 2.00 e. The Hall–Kier alpha value is 0.390. The van der Waals surface area contributed by atoms with E-state index in [2.05, 4.69) is 0 Å². The molecule has 1 N–H and O–H groups in total. The molecule has 0 saturated heterocycles. The molecule has 0 bridgehead atoms. The van der Waals surface area contributed by atoms with Gasteiger partial charge in [0.2, 0.25) is 0 Å². The third kappa shape index (κ3) is 3.87. The van der Waals surface area contributed by atoms with Crippen LogP contribution >= 0.6 is 0 Å². The maximum Gasteiger partial charge on any atom is 2.00 e. The quantitative estimate of drug-likeness (QED) is 0.590. The molecule has 0 heterocycles. The summed E-state index contributed by atoms with van der Waals surface area (Å²) in [6.07, 6.45) is 9.07. The SMILES string of the molecule is CCC=C1C=CC=CC1S(=O)(=O)O.[Ca+2].[H-].[H-]. The Kier molecular flexibility index (Phi) is 6.25. The first-order valence-electron chi connectivity index (χ1n) is 4.07. The van der Waals surface area contributed by atoms with Crippen LogP contribution in [0.1, 0.15) is 16.2 Å². The van der Waals surface area contributed by atoms with Crippen LogP contribution in [0, 0.1) is 0 Å². The molecule has 0 aliphatic heterocycles. The standard InChI is InChI=1S/C9H12O3S.Ca.2H/c1-2-5-8-6-3-4-7-9(8)13(10,11)12;;;/h3-7,9H,2H2,1H3,(H,10,11,12);;;/q;+2;2*-1. The van der Waals surface area contributed by atoms with E-state index in [0.717, 1.165) is 6.42 Å². The molecular formula is C9H14CaO3S. The molecule has 1 aliphatic carbocycles. The van der Waals surface area contributed by atoms with Gasteiger partial charge < -0.3 is 2.85 Å². The summed E-state index contributed by atoms with van der Waals surface area (Å²) in [5, 5.41) is -0.891. The van der Waals surface area contributed by atoms with Crippen molar-refractivity contribution in [1.82, 2.24) is 0 Å². The zero-order chi connectivity index (χ0) is 9.90. The van der Waals surface area contributed by atoms with Gasteiger partial charge in [-0.05, 0) is 12.0 Å². The molecule has 0 spiro atoms. The monoisotopic (exact) mass is 242 g/mol. The van der Waals surface area contributed by atoms with Gasteiger partial charge in [0.05, 0.1) is 0 Å². The van der Waals surface area contributed by atoms with Crippen molar-refractivity contribution < 1.29 is 15.8 Å². The summed E-state index contributed by atoms with van der Waals surface area (Å²) in [5.41, 5.74) is 0.632. The molecule has 0 radical (unpaired) electrons. The van der Waals surface area contributed by atoms with Gasteiger partial charge in [-0.3, -0.25) is 4.55 Å². The topological polar surface area (TPSA) is 54.4 Å². The van der Waals surface area contributed by atoms with Crippen molar-refractivity contribution in [1.29, 1.82) is 0 Å². The van der Waals surface area contributed by atoms with E-state index < -0.39 is 15.4 Å². The van der Waals surface area contributed by atoms with Crippen molar-refractivity contribution in [2.45, 2.75) is 18.6 Å². The Bertz CT molecular complexity index is 374. The Morgan fingerprint density at radius 2 is 2.21 bits per heavy atom. The zero-order valence-corrected chi connectivity index (χ0v) is 11.1. The fourth-order valence-electron chi connectivity index (χ4n) is 1.23. The normalized spacial score (nSPS) is 23.6. The van der Waals surface area contributed by atoms with Crippen molar-refractivity contribution in [2.75, 3.05) is 0 Å². The number of hydrogen-bond donors (Lipinski definition) is 1. The predicted octanol–water partition coefficient (Wildman–Crippen LogP) is 1.55. The van der Waals surface area contributed by atoms with Crippen molar-refractivity contribution >= 4 is 47.9 Å². The third-order valence-electron chi connectivity index (χ3n) is 1.77. The van der Waals surface area contributed by atoms with E-state index in [-0.39, 0.29) is 40.6 Å². The van der Waals surface area contributed by atoms with E-state index in [1.807, 2.05) is 6.92 Å². The van der Waals surface area contributed by atoms with Crippen LogP contribution in [0.2, 0.25) is 0 Å². The summed E-state index contributed by atoms with van der Waals surface area (Å²) in [5.74, 6) is 0. The van der Waals surface area contributed by atoms with Crippen LogP contribution in [0.4, 0.5) is 0 Å². The van der Waals surface area contributed by atoms with Crippen LogP contribution in [0.3, 0.4) is 0 Å². The third-order valence-corrected chi connectivity index (χ3v) is 2.85. The van der Waals surface area contributed by atoms with Crippen LogP contribution < -0.4 is 0 Å². The maximum absolute atomic E-state index is 10.9. The van der Waals surface area contributed by atoms with Gasteiger partial charge in [0.25, 0.3) is 10.1 Å². The molecule has 3 nitrogen and oxygen atoms in total. The molecular weight excluding hydrogens is 228 g/mol. The van der Waals surface area contributed by atoms with Crippen LogP contribution in [0.5, 0.6) is 0 Å². The fourth-order valence-corrected chi connectivity index (χ4v) is 2.04. The molecule has 0 aromatic carbocycles. The molecule has 1 unspecified atom stereocenters. The Morgan fingerprint density at radius 3 is 2.71 bits per heavy atom. The molecule has 0 aromatic heterocycles. The molecule has 1 aliphatic rings. The summed E-state index contributed by atoms with van der Waals surface area (Å²) < 4.78 is 30.7. The van der Waals surface area contributed by atoms with Crippen LogP contribution in [-0.4, -0.2) is 56.0 Å². The minimum Gasteiger partial charge on any atom is -1.00 e. The number of rotatable bonds is 2. The minimum absolute atomic E-state index is 0. The van der Waals surface area contributed by atoms with E-state index in [1.165, 1.54) is 6.08 Å². The van der Waals surface area contributed by atoms with Crippen molar-refractivity contribution in [2.24, 2.45) is 0 Å². The molecule has 76 valence electrons. The minimum atomic E-state index is -4.00. The van der Waals surface area contributed by atoms with Gasteiger partial charge in [0.15, 0.2) is 0 Å². The molecule has 1 rings (SSSR count). The van der Waals surface area contributed by atoms with E-state index in [1.54, 1.807) is 24.3 Å². The summed E-state index contributed by atoms with van der Waals surface area (Å²) in [4.78, 5) is 0. The van der Waals surface area contributed by atoms with Gasteiger partial charge in [-0.25, -0.2) is 0 Å². The van der Waals surface area contributed by atoms with Crippen LogP contribution in [-0.2, 0) is 10.1 Å². The van der Waals surface area contributed by atoms with Crippen LogP contribution in [0.25, 0.3) is 0 Å². The van der Waals surface area contributed by atoms with Gasteiger partial charge in [-0.2, -0.15) is 8.42 Å².